The molecule has 0 spiro atoms. The number of hydrogen-bond acceptors (Lipinski definition) is 6. The highest BCUT2D eigenvalue weighted by Crippen LogP contribution is 2.32. The van der Waals surface area contributed by atoms with Crippen LogP contribution in [0.3, 0.4) is 0 Å². The smallest absolute Gasteiger partial charge is 0.221 e. The zero-order valence-corrected chi connectivity index (χ0v) is 18.7. The Kier molecular flexibility index (Phi) is 7.01. The standard InChI is InChI=1S/C23H22N4O2S2/c1-29-20-12-6-5-11-19(20)27-22(17-8-3-2-4-9-17)25-26-23(27)31-15-13-21(28)24-16-18-10-7-14-30-18/h2-12,14H,13,15-16H2,1H3,(H,24,28). The van der Waals surface area contributed by atoms with E-state index >= 15 is 0 Å². The quantitative estimate of drug-likeness (QED) is 0.371. The third-order valence-corrected chi connectivity index (χ3v) is 6.40. The number of nitrogens with zero attached hydrogens (tertiary/aromatic N) is 3. The average molecular weight is 451 g/mol. The van der Waals surface area contributed by atoms with Crippen molar-refractivity contribution in [1.29, 1.82) is 0 Å². The van der Waals surface area contributed by atoms with Crippen LogP contribution in [-0.4, -0.2) is 33.5 Å². The minimum Gasteiger partial charge on any atom is -0.495 e. The van der Waals surface area contributed by atoms with Gasteiger partial charge in [-0.1, -0.05) is 60.3 Å². The van der Waals surface area contributed by atoms with E-state index in [0.29, 0.717) is 18.7 Å². The fourth-order valence-corrected chi connectivity index (χ4v) is 4.62. The van der Waals surface area contributed by atoms with Crippen LogP contribution in [0.1, 0.15) is 11.3 Å². The number of rotatable bonds is 9. The molecule has 2 heterocycles. The van der Waals surface area contributed by atoms with E-state index in [1.165, 1.54) is 11.8 Å². The number of para-hydroxylation sites is 2. The Balaban J connectivity index is 1.52. The van der Waals surface area contributed by atoms with E-state index in [1.807, 2.05) is 76.7 Å². The minimum absolute atomic E-state index is 0.0209. The van der Waals surface area contributed by atoms with Crippen molar-refractivity contribution < 1.29 is 9.53 Å². The van der Waals surface area contributed by atoms with E-state index in [1.54, 1.807) is 18.4 Å². The van der Waals surface area contributed by atoms with Gasteiger partial charge >= 0.3 is 0 Å². The maximum atomic E-state index is 12.2. The number of aromatic nitrogens is 3. The molecule has 0 aliphatic rings. The molecule has 0 saturated heterocycles. The molecule has 0 fully saturated rings. The van der Waals surface area contributed by atoms with E-state index in [0.717, 1.165) is 32.9 Å². The summed E-state index contributed by atoms with van der Waals surface area (Å²) in [6.45, 7) is 0.566. The molecular formula is C23H22N4O2S2. The second-order valence-corrected chi connectivity index (χ2v) is 8.73. The molecular weight excluding hydrogens is 428 g/mol. The van der Waals surface area contributed by atoms with Gasteiger partial charge in [-0.15, -0.1) is 21.5 Å². The van der Waals surface area contributed by atoms with Gasteiger partial charge in [0.05, 0.1) is 19.3 Å². The molecule has 2 aromatic heterocycles. The van der Waals surface area contributed by atoms with Crippen LogP contribution in [0.15, 0.2) is 77.3 Å². The van der Waals surface area contributed by atoms with Crippen molar-refractivity contribution in [3.8, 4) is 22.8 Å². The number of amides is 1. The lowest BCUT2D eigenvalue weighted by molar-refractivity contribution is -0.120. The topological polar surface area (TPSA) is 69.0 Å². The molecule has 6 nitrogen and oxygen atoms in total. The van der Waals surface area contributed by atoms with Crippen molar-refractivity contribution in [2.45, 2.75) is 18.1 Å². The summed E-state index contributed by atoms with van der Waals surface area (Å²) in [5.74, 6) is 2.08. The largest absolute Gasteiger partial charge is 0.495 e. The summed E-state index contributed by atoms with van der Waals surface area (Å²) in [5, 5.41) is 14.5. The predicted molar refractivity (Wildman–Crippen MR) is 125 cm³/mol. The third-order valence-electron chi connectivity index (χ3n) is 4.59. The number of ether oxygens (including phenoxy) is 1. The van der Waals surface area contributed by atoms with Crippen molar-refractivity contribution in [1.82, 2.24) is 20.1 Å². The number of hydrogen-bond donors (Lipinski definition) is 1. The Morgan fingerprint density at radius 3 is 2.65 bits per heavy atom. The van der Waals surface area contributed by atoms with Crippen LogP contribution in [0, 0.1) is 0 Å². The van der Waals surface area contributed by atoms with E-state index in [2.05, 4.69) is 15.5 Å². The highest BCUT2D eigenvalue weighted by molar-refractivity contribution is 7.99. The van der Waals surface area contributed by atoms with Gasteiger partial charge in [-0.05, 0) is 23.6 Å². The zero-order chi connectivity index (χ0) is 21.5. The fraction of sp³-hybridized carbons (Fsp3) is 0.174. The van der Waals surface area contributed by atoms with Crippen molar-refractivity contribution in [2.24, 2.45) is 0 Å². The highest BCUT2D eigenvalue weighted by atomic mass is 32.2. The number of thiophene rings is 1. The van der Waals surface area contributed by atoms with Crippen molar-refractivity contribution in [2.75, 3.05) is 12.9 Å². The van der Waals surface area contributed by atoms with Crippen LogP contribution in [0.25, 0.3) is 17.1 Å². The number of thioether (sulfide) groups is 1. The third kappa shape index (κ3) is 5.15. The van der Waals surface area contributed by atoms with Gasteiger partial charge < -0.3 is 10.1 Å². The summed E-state index contributed by atoms with van der Waals surface area (Å²) in [6, 6.07) is 21.7. The first kappa shape index (κ1) is 21.1. The summed E-state index contributed by atoms with van der Waals surface area (Å²) < 4.78 is 7.56. The van der Waals surface area contributed by atoms with E-state index in [4.69, 9.17) is 4.74 Å². The first-order valence-corrected chi connectivity index (χ1v) is 11.7. The van der Waals surface area contributed by atoms with Crippen LogP contribution in [-0.2, 0) is 11.3 Å². The molecule has 8 heteroatoms. The van der Waals surface area contributed by atoms with Crippen molar-refractivity contribution >= 4 is 29.0 Å². The highest BCUT2D eigenvalue weighted by Gasteiger charge is 2.19. The van der Waals surface area contributed by atoms with Crippen LogP contribution in [0.4, 0.5) is 0 Å². The van der Waals surface area contributed by atoms with Gasteiger partial charge in [0.1, 0.15) is 5.75 Å². The Morgan fingerprint density at radius 1 is 1.06 bits per heavy atom. The van der Waals surface area contributed by atoms with Gasteiger partial charge in [-0.2, -0.15) is 0 Å². The summed E-state index contributed by atoms with van der Waals surface area (Å²) in [5.41, 5.74) is 1.82. The summed E-state index contributed by atoms with van der Waals surface area (Å²) in [6.07, 6.45) is 0.398. The number of nitrogens with one attached hydrogen (secondary N) is 1. The summed E-state index contributed by atoms with van der Waals surface area (Å²) in [7, 11) is 1.65. The first-order valence-electron chi connectivity index (χ1n) is 9.82. The SMILES string of the molecule is COc1ccccc1-n1c(SCCC(=O)NCc2cccs2)nnc1-c1ccccc1. The second-order valence-electron chi connectivity index (χ2n) is 6.63. The first-order chi connectivity index (χ1) is 15.3. The molecule has 158 valence electrons. The molecule has 0 aliphatic heterocycles. The Labute approximate surface area is 189 Å². The van der Waals surface area contributed by atoms with Crippen LogP contribution in [0.2, 0.25) is 0 Å². The lowest BCUT2D eigenvalue weighted by atomic mass is 10.2. The Hall–Kier alpha value is -3.10. The molecule has 1 amide bonds. The van der Waals surface area contributed by atoms with Gasteiger partial charge in [0.15, 0.2) is 11.0 Å². The van der Waals surface area contributed by atoms with E-state index < -0.39 is 0 Å². The van der Waals surface area contributed by atoms with E-state index in [-0.39, 0.29) is 5.91 Å². The van der Waals surface area contributed by atoms with Crippen LogP contribution < -0.4 is 10.1 Å². The maximum absolute atomic E-state index is 12.2. The molecule has 0 bridgehead atoms. The lowest BCUT2D eigenvalue weighted by Gasteiger charge is -2.13. The van der Waals surface area contributed by atoms with Gasteiger partial charge in [0.25, 0.3) is 0 Å². The summed E-state index contributed by atoms with van der Waals surface area (Å²) in [4.78, 5) is 13.4. The van der Waals surface area contributed by atoms with E-state index in [9.17, 15) is 4.79 Å². The second kappa shape index (κ2) is 10.3. The molecule has 4 aromatic rings. The van der Waals surface area contributed by atoms with Gasteiger partial charge in [0.2, 0.25) is 5.91 Å². The van der Waals surface area contributed by atoms with Crippen molar-refractivity contribution in [3.05, 3.63) is 77.0 Å². The number of methoxy groups -OCH3 is 1. The molecule has 0 saturated carbocycles. The van der Waals surface area contributed by atoms with Gasteiger partial charge in [-0.3, -0.25) is 9.36 Å². The zero-order valence-electron chi connectivity index (χ0n) is 17.0. The van der Waals surface area contributed by atoms with Gasteiger partial charge in [-0.25, -0.2) is 0 Å². The fourth-order valence-electron chi connectivity index (χ4n) is 3.09. The monoisotopic (exact) mass is 450 g/mol. The molecule has 31 heavy (non-hydrogen) atoms. The molecule has 0 aliphatic carbocycles. The Bertz CT molecular complexity index is 1130. The summed E-state index contributed by atoms with van der Waals surface area (Å²) >= 11 is 3.14. The number of carbonyl (C=O) groups is 1. The Morgan fingerprint density at radius 2 is 1.87 bits per heavy atom. The molecule has 0 radical (unpaired) electrons. The number of benzene rings is 2. The normalized spacial score (nSPS) is 10.7. The molecule has 0 unspecified atom stereocenters. The average Bonchev–Trinajstić information content (AvgIpc) is 3.48. The number of carbonyl (C=O) groups excluding carboxylic acids is 1. The van der Waals surface area contributed by atoms with Crippen LogP contribution >= 0.6 is 23.1 Å². The minimum atomic E-state index is 0.0209. The predicted octanol–water partition coefficient (Wildman–Crippen LogP) is 4.80. The van der Waals surface area contributed by atoms with Crippen molar-refractivity contribution in [3.63, 3.8) is 0 Å². The molecule has 0 atom stereocenters. The molecule has 2 aromatic carbocycles. The van der Waals surface area contributed by atoms with Crippen LogP contribution in [0.5, 0.6) is 5.75 Å². The lowest BCUT2D eigenvalue weighted by Crippen LogP contribution is -2.22. The molecule has 1 N–H and O–H groups in total. The maximum Gasteiger partial charge on any atom is 0.221 e. The van der Waals surface area contributed by atoms with Gasteiger partial charge in [0, 0.05) is 22.6 Å². The molecule has 4 rings (SSSR count).